The van der Waals surface area contributed by atoms with Gasteiger partial charge >= 0.3 is 5.97 Å². The number of H-pyrrole nitrogens is 1. The summed E-state index contributed by atoms with van der Waals surface area (Å²) in [7, 11) is 0. The Labute approximate surface area is 144 Å². The topological polar surface area (TPSA) is 81.3 Å². The second-order valence-corrected chi connectivity index (χ2v) is 6.90. The maximum absolute atomic E-state index is 12.4. The van der Waals surface area contributed by atoms with Gasteiger partial charge in [-0.2, -0.15) is 0 Å². The van der Waals surface area contributed by atoms with Gasteiger partial charge in [0.15, 0.2) is 0 Å². The lowest BCUT2D eigenvalue weighted by Gasteiger charge is -2.09. The summed E-state index contributed by atoms with van der Waals surface area (Å²) in [6.07, 6.45) is 4.89. The van der Waals surface area contributed by atoms with Gasteiger partial charge in [-0.1, -0.05) is 0 Å². The van der Waals surface area contributed by atoms with Crippen molar-refractivity contribution >= 4 is 27.5 Å². The number of hydrogen-bond donors (Lipinski definition) is 1. The third kappa shape index (κ3) is 3.84. The molecular formula is C17H22N2O4S. The van der Waals surface area contributed by atoms with Gasteiger partial charge in [0.1, 0.15) is 17.3 Å². The third-order valence-electron chi connectivity index (χ3n) is 4.13. The number of thiophene rings is 1. The summed E-state index contributed by atoms with van der Waals surface area (Å²) in [6.45, 7) is 3.16. The minimum absolute atomic E-state index is 0.0842. The summed E-state index contributed by atoms with van der Waals surface area (Å²) in [5.41, 5.74) is 1.09. The Morgan fingerprint density at radius 3 is 2.96 bits per heavy atom. The van der Waals surface area contributed by atoms with Crippen LogP contribution in [0.4, 0.5) is 0 Å². The highest BCUT2D eigenvalue weighted by atomic mass is 32.1. The van der Waals surface area contributed by atoms with E-state index in [1.54, 1.807) is 11.3 Å². The number of nitrogens with one attached hydrogen (secondary N) is 1. The number of rotatable bonds is 7. The van der Waals surface area contributed by atoms with E-state index in [4.69, 9.17) is 9.47 Å². The Morgan fingerprint density at radius 1 is 1.29 bits per heavy atom. The molecule has 0 atom stereocenters. The number of carbonyl (C=O) groups excluding carboxylic acids is 1. The molecule has 2 heterocycles. The molecule has 0 saturated carbocycles. The zero-order valence-corrected chi connectivity index (χ0v) is 14.7. The fourth-order valence-electron chi connectivity index (χ4n) is 2.98. The summed E-state index contributed by atoms with van der Waals surface area (Å²) >= 11 is 1.62. The molecule has 0 unspecified atom stereocenters. The van der Waals surface area contributed by atoms with Crippen LogP contribution in [0, 0.1) is 0 Å². The molecule has 0 radical (unpaired) electrons. The third-order valence-corrected chi connectivity index (χ3v) is 5.32. The summed E-state index contributed by atoms with van der Waals surface area (Å²) in [4.78, 5) is 33.6. The van der Waals surface area contributed by atoms with E-state index < -0.39 is 0 Å². The number of esters is 1. The first-order valence-electron chi connectivity index (χ1n) is 8.46. The van der Waals surface area contributed by atoms with Crippen molar-refractivity contribution in [3.05, 3.63) is 26.6 Å². The first-order chi connectivity index (χ1) is 11.7. The second kappa shape index (κ2) is 7.90. The molecule has 0 fully saturated rings. The van der Waals surface area contributed by atoms with Gasteiger partial charge in [-0.3, -0.25) is 9.59 Å². The molecule has 7 heteroatoms. The van der Waals surface area contributed by atoms with Gasteiger partial charge in [-0.05, 0) is 38.2 Å². The van der Waals surface area contributed by atoms with Crippen molar-refractivity contribution in [1.29, 1.82) is 0 Å². The molecule has 3 rings (SSSR count). The van der Waals surface area contributed by atoms with Gasteiger partial charge < -0.3 is 14.5 Å². The zero-order chi connectivity index (χ0) is 16.9. The number of aromatic amines is 1. The van der Waals surface area contributed by atoms with Crippen molar-refractivity contribution in [2.24, 2.45) is 0 Å². The Bertz CT molecular complexity index is 781. The largest absolute Gasteiger partial charge is 0.463 e. The van der Waals surface area contributed by atoms with Crippen LogP contribution in [0.2, 0.25) is 0 Å². The van der Waals surface area contributed by atoms with Gasteiger partial charge in [0.05, 0.1) is 18.4 Å². The van der Waals surface area contributed by atoms with Crippen molar-refractivity contribution in [2.75, 3.05) is 19.8 Å². The van der Waals surface area contributed by atoms with Crippen LogP contribution in [0.25, 0.3) is 10.2 Å². The van der Waals surface area contributed by atoms with Crippen molar-refractivity contribution in [2.45, 2.75) is 45.4 Å². The fourth-order valence-corrected chi connectivity index (χ4v) is 4.26. The molecule has 130 valence electrons. The number of hydrogen-bond acceptors (Lipinski definition) is 6. The van der Waals surface area contributed by atoms with Crippen molar-refractivity contribution in [3.63, 3.8) is 0 Å². The monoisotopic (exact) mass is 350 g/mol. The first-order valence-corrected chi connectivity index (χ1v) is 9.27. The lowest BCUT2D eigenvalue weighted by molar-refractivity contribution is -0.145. The number of nitrogens with zero attached hydrogens (tertiary/aromatic N) is 1. The molecule has 24 heavy (non-hydrogen) atoms. The van der Waals surface area contributed by atoms with E-state index in [0.717, 1.165) is 29.5 Å². The highest BCUT2D eigenvalue weighted by Crippen LogP contribution is 2.33. The Hall–Kier alpha value is -1.73. The summed E-state index contributed by atoms with van der Waals surface area (Å²) in [5.74, 6) is 0.246. The first kappa shape index (κ1) is 17.1. The summed E-state index contributed by atoms with van der Waals surface area (Å²) < 4.78 is 10.2. The maximum Gasteiger partial charge on any atom is 0.306 e. The quantitative estimate of drug-likeness (QED) is 0.612. The number of aromatic nitrogens is 2. The van der Waals surface area contributed by atoms with Crippen LogP contribution in [-0.2, 0) is 33.5 Å². The molecule has 2 aromatic rings. The minimum Gasteiger partial charge on any atom is -0.463 e. The highest BCUT2D eigenvalue weighted by molar-refractivity contribution is 7.18. The SMILES string of the molecule is CCOCCOC(=O)CCc1nc2sc3c(c2c(=O)[nH]1)CCCC3. The van der Waals surface area contributed by atoms with Crippen molar-refractivity contribution in [1.82, 2.24) is 9.97 Å². The Morgan fingerprint density at radius 2 is 2.12 bits per heavy atom. The number of aryl methyl sites for hydroxylation is 3. The molecule has 6 nitrogen and oxygen atoms in total. The molecule has 0 amide bonds. The Balaban J connectivity index is 1.65. The van der Waals surface area contributed by atoms with E-state index in [1.165, 1.54) is 16.9 Å². The van der Waals surface area contributed by atoms with Gasteiger partial charge in [0.2, 0.25) is 0 Å². The van der Waals surface area contributed by atoms with Crippen LogP contribution >= 0.6 is 11.3 Å². The Kier molecular flexibility index (Phi) is 5.63. The predicted octanol–water partition coefficient (Wildman–Crippen LogP) is 2.38. The van der Waals surface area contributed by atoms with Crippen LogP contribution in [0.1, 0.15) is 42.5 Å². The van der Waals surface area contributed by atoms with E-state index in [-0.39, 0.29) is 24.6 Å². The molecule has 1 aliphatic carbocycles. The normalized spacial score (nSPS) is 13.9. The molecule has 2 aromatic heterocycles. The minimum atomic E-state index is -0.303. The lowest BCUT2D eigenvalue weighted by Crippen LogP contribution is -2.15. The average Bonchev–Trinajstić information content (AvgIpc) is 2.95. The molecule has 0 aliphatic heterocycles. The molecule has 0 aromatic carbocycles. The zero-order valence-electron chi connectivity index (χ0n) is 13.9. The number of carbonyl (C=O) groups is 1. The molecule has 0 saturated heterocycles. The summed E-state index contributed by atoms with van der Waals surface area (Å²) in [5, 5.41) is 0.748. The average molecular weight is 350 g/mol. The molecular weight excluding hydrogens is 328 g/mol. The maximum atomic E-state index is 12.4. The van der Waals surface area contributed by atoms with E-state index in [1.807, 2.05) is 6.92 Å². The van der Waals surface area contributed by atoms with Gasteiger partial charge in [0.25, 0.3) is 5.56 Å². The number of ether oxygens (including phenoxy) is 2. The fraction of sp³-hybridized carbons (Fsp3) is 0.588. The molecule has 1 aliphatic rings. The van der Waals surface area contributed by atoms with Gasteiger partial charge in [0, 0.05) is 17.9 Å². The molecule has 0 spiro atoms. The van der Waals surface area contributed by atoms with Gasteiger partial charge in [-0.15, -0.1) is 11.3 Å². The smallest absolute Gasteiger partial charge is 0.306 e. The predicted molar refractivity (Wildman–Crippen MR) is 92.7 cm³/mol. The van der Waals surface area contributed by atoms with E-state index in [2.05, 4.69) is 9.97 Å². The highest BCUT2D eigenvalue weighted by Gasteiger charge is 2.19. The molecule has 0 bridgehead atoms. The van der Waals surface area contributed by atoms with Crippen molar-refractivity contribution in [3.8, 4) is 0 Å². The van der Waals surface area contributed by atoms with Crippen LogP contribution in [-0.4, -0.2) is 35.8 Å². The van der Waals surface area contributed by atoms with E-state index in [9.17, 15) is 9.59 Å². The summed E-state index contributed by atoms with van der Waals surface area (Å²) in [6, 6.07) is 0. The van der Waals surface area contributed by atoms with E-state index in [0.29, 0.717) is 25.5 Å². The standard InChI is InChI=1S/C17H22N2O4S/c1-2-22-9-10-23-14(20)8-7-13-18-16(21)15-11-5-3-4-6-12(11)24-17(15)19-13/h2-10H2,1H3,(H,18,19,21). The van der Waals surface area contributed by atoms with Crippen LogP contribution in [0.15, 0.2) is 4.79 Å². The van der Waals surface area contributed by atoms with Crippen LogP contribution < -0.4 is 5.56 Å². The molecule has 1 N–H and O–H groups in total. The lowest BCUT2D eigenvalue weighted by atomic mass is 9.97. The van der Waals surface area contributed by atoms with Crippen LogP contribution in [0.5, 0.6) is 0 Å². The second-order valence-electron chi connectivity index (χ2n) is 5.82. The van der Waals surface area contributed by atoms with Crippen molar-refractivity contribution < 1.29 is 14.3 Å². The van der Waals surface area contributed by atoms with E-state index >= 15 is 0 Å². The van der Waals surface area contributed by atoms with Crippen LogP contribution in [0.3, 0.4) is 0 Å². The number of fused-ring (bicyclic) bond motifs is 3. The van der Waals surface area contributed by atoms with Gasteiger partial charge in [-0.25, -0.2) is 4.98 Å².